The maximum atomic E-state index is 12.0. The standard InChI is InChI=1S/C19H22F3N3O/c1-2-14-7-9-17(10-8-14)25-18(23)24-11-15-3-5-16(6-4-15)12-26-13-19(20,21)22/h3-10H,2,11-13H2,1H3,(H3,23,24,25). The number of anilines is 1. The van der Waals surface area contributed by atoms with Gasteiger partial charge in [0.05, 0.1) is 13.2 Å². The molecule has 0 unspecified atom stereocenters. The monoisotopic (exact) mass is 365 g/mol. The van der Waals surface area contributed by atoms with Crippen molar-refractivity contribution in [2.75, 3.05) is 11.9 Å². The van der Waals surface area contributed by atoms with Crippen LogP contribution in [0.25, 0.3) is 0 Å². The van der Waals surface area contributed by atoms with Gasteiger partial charge in [-0.25, -0.2) is 4.99 Å². The first-order chi connectivity index (χ1) is 12.4. The van der Waals surface area contributed by atoms with Gasteiger partial charge in [0, 0.05) is 5.69 Å². The Balaban J connectivity index is 1.82. The number of alkyl halides is 3. The largest absolute Gasteiger partial charge is 0.411 e. The lowest BCUT2D eigenvalue weighted by Crippen LogP contribution is -2.22. The summed E-state index contributed by atoms with van der Waals surface area (Å²) >= 11 is 0. The molecule has 140 valence electrons. The van der Waals surface area contributed by atoms with E-state index < -0.39 is 12.8 Å². The molecule has 0 saturated carbocycles. The van der Waals surface area contributed by atoms with Crippen LogP contribution in [0.1, 0.15) is 23.6 Å². The summed E-state index contributed by atoms with van der Waals surface area (Å²) in [4.78, 5) is 4.26. The molecule has 0 aliphatic rings. The van der Waals surface area contributed by atoms with E-state index >= 15 is 0 Å². The number of nitrogens with zero attached hydrogens (tertiary/aromatic N) is 1. The minimum absolute atomic E-state index is 0.0828. The molecule has 0 bridgehead atoms. The van der Waals surface area contributed by atoms with E-state index in [-0.39, 0.29) is 6.61 Å². The number of rotatable bonds is 7. The summed E-state index contributed by atoms with van der Waals surface area (Å²) in [5, 5.41) is 3.02. The zero-order valence-corrected chi connectivity index (χ0v) is 14.5. The Morgan fingerprint density at radius 3 is 2.15 bits per heavy atom. The van der Waals surface area contributed by atoms with Crippen LogP contribution in [0.3, 0.4) is 0 Å². The molecule has 4 nitrogen and oxygen atoms in total. The fourth-order valence-electron chi connectivity index (χ4n) is 2.21. The molecule has 0 saturated heterocycles. The molecule has 0 aromatic heterocycles. The first-order valence-electron chi connectivity index (χ1n) is 8.24. The number of halogens is 3. The van der Waals surface area contributed by atoms with E-state index in [1.165, 1.54) is 5.56 Å². The van der Waals surface area contributed by atoms with Crippen LogP contribution >= 0.6 is 0 Å². The predicted octanol–water partition coefficient (Wildman–Crippen LogP) is 4.25. The van der Waals surface area contributed by atoms with Gasteiger partial charge in [0.2, 0.25) is 0 Å². The van der Waals surface area contributed by atoms with Crippen LogP contribution in [-0.4, -0.2) is 18.7 Å². The zero-order valence-electron chi connectivity index (χ0n) is 14.5. The number of aliphatic imine (C=N–C) groups is 1. The van der Waals surface area contributed by atoms with Crippen LogP contribution in [0.4, 0.5) is 18.9 Å². The molecule has 0 spiro atoms. The summed E-state index contributed by atoms with van der Waals surface area (Å²) in [7, 11) is 0. The van der Waals surface area contributed by atoms with Gasteiger partial charge in [-0.3, -0.25) is 0 Å². The Hall–Kier alpha value is -2.54. The van der Waals surface area contributed by atoms with E-state index in [1.54, 1.807) is 24.3 Å². The Morgan fingerprint density at radius 1 is 1.00 bits per heavy atom. The van der Waals surface area contributed by atoms with Gasteiger partial charge in [0.15, 0.2) is 5.96 Å². The molecule has 3 N–H and O–H groups in total. The van der Waals surface area contributed by atoms with Crippen molar-refractivity contribution in [3.05, 3.63) is 65.2 Å². The molecular weight excluding hydrogens is 343 g/mol. The van der Waals surface area contributed by atoms with Crippen molar-refractivity contribution in [1.29, 1.82) is 0 Å². The number of guanidine groups is 1. The Labute approximate surface area is 150 Å². The maximum Gasteiger partial charge on any atom is 0.411 e. The van der Waals surface area contributed by atoms with Gasteiger partial charge in [-0.15, -0.1) is 0 Å². The highest BCUT2D eigenvalue weighted by Gasteiger charge is 2.27. The van der Waals surface area contributed by atoms with Crippen molar-refractivity contribution in [1.82, 2.24) is 0 Å². The van der Waals surface area contributed by atoms with E-state index in [9.17, 15) is 13.2 Å². The number of hydrogen-bond donors (Lipinski definition) is 2. The van der Waals surface area contributed by atoms with E-state index in [1.807, 2.05) is 24.3 Å². The van der Waals surface area contributed by atoms with E-state index in [0.29, 0.717) is 18.1 Å². The van der Waals surface area contributed by atoms with Crippen LogP contribution in [0.15, 0.2) is 53.5 Å². The molecule has 0 amide bonds. The molecule has 0 atom stereocenters. The molecule has 0 heterocycles. The predicted molar refractivity (Wildman–Crippen MR) is 96.9 cm³/mol. The van der Waals surface area contributed by atoms with Crippen molar-refractivity contribution in [3.63, 3.8) is 0 Å². The van der Waals surface area contributed by atoms with E-state index in [0.717, 1.165) is 17.7 Å². The minimum atomic E-state index is -4.31. The number of nitrogens with one attached hydrogen (secondary N) is 1. The number of ether oxygens (including phenoxy) is 1. The number of hydrogen-bond acceptors (Lipinski definition) is 2. The summed E-state index contributed by atoms with van der Waals surface area (Å²) in [5.41, 5.74) is 9.54. The number of benzene rings is 2. The topological polar surface area (TPSA) is 59.6 Å². The van der Waals surface area contributed by atoms with Crippen molar-refractivity contribution in [2.24, 2.45) is 10.7 Å². The van der Waals surface area contributed by atoms with Crippen LogP contribution in [0, 0.1) is 0 Å². The highest BCUT2D eigenvalue weighted by atomic mass is 19.4. The van der Waals surface area contributed by atoms with Gasteiger partial charge in [-0.2, -0.15) is 13.2 Å². The second-order valence-electron chi connectivity index (χ2n) is 5.80. The second-order valence-corrected chi connectivity index (χ2v) is 5.80. The van der Waals surface area contributed by atoms with Gasteiger partial charge >= 0.3 is 6.18 Å². The third-order valence-electron chi connectivity index (χ3n) is 3.62. The lowest BCUT2D eigenvalue weighted by atomic mass is 10.1. The first kappa shape index (κ1) is 19.8. The van der Waals surface area contributed by atoms with E-state index in [4.69, 9.17) is 5.73 Å². The molecule has 2 rings (SSSR count). The minimum Gasteiger partial charge on any atom is -0.370 e. The van der Waals surface area contributed by atoms with Gasteiger partial charge in [-0.1, -0.05) is 43.3 Å². The average Bonchev–Trinajstić information content (AvgIpc) is 2.61. The Kier molecular flexibility index (Phi) is 7.03. The number of aryl methyl sites for hydroxylation is 1. The van der Waals surface area contributed by atoms with Crippen molar-refractivity contribution < 1.29 is 17.9 Å². The fraction of sp³-hybridized carbons (Fsp3) is 0.316. The van der Waals surface area contributed by atoms with Crippen LogP contribution < -0.4 is 11.1 Å². The summed E-state index contributed by atoms with van der Waals surface area (Å²) < 4.78 is 40.7. The Bertz CT molecular complexity index is 710. The fourth-order valence-corrected chi connectivity index (χ4v) is 2.21. The SMILES string of the molecule is CCc1ccc(NC(N)=NCc2ccc(COCC(F)(F)F)cc2)cc1. The van der Waals surface area contributed by atoms with E-state index in [2.05, 4.69) is 22.0 Å². The molecule has 2 aromatic rings. The van der Waals surface area contributed by atoms with Crippen LogP contribution in [-0.2, 0) is 24.3 Å². The first-order valence-corrected chi connectivity index (χ1v) is 8.24. The number of nitrogens with two attached hydrogens (primary N) is 1. The van der Waals surface area contributed by atoms with Crippen molar-refractivity contribution in [2.45, 2.75) is 32.7 Å². The lowest BCUT2D eigenvalue weighted by Gasteiger charge is -2.08. The van der Waals surface area contributed by atoms with Gasteiger partial charge in [-0.05, 0) is 35.2 Å². The molecular formula is C19H22F3N3O. The normalized spacial score (nSPS) is 12.2. The van der Waals surface area contributed by atoms with Crippen molar-refractivity contribution in [3.8, 4) is 0 Å². The third kappa shape index (κ3) is 7.14. The molecule has 26 heavy (non-hydrogen) atoms. The molecule has 0 aliphatic carbocycles. The zero-order chi connectivity index (χ0) is 19.0. The van der Waals surface area contributed by atoms with Gasteiger partial charge < -0.3 is 15.8 Å². The molecule has 0 radical (unpaired) electrons. The van der Waals surface area contributed by atoms with Gasteiger partial charge in [0.1, 0.15) is 6.61 Å². The van der Waals surface area contributed by atoms with Crippen LogP contribution in [0.2, 0.25) is 0 Å². The smallest absolute Gasteiger partial charge is 0.370 e. The maximum absolute atomic E-state index is 12.0. The second kappa shape index (κ2) is 9.24. The summed E-state index contributed by atoms with van der Waals surface area (Å²) in [6.07, 6.45) is -3.34. The average molecular weight is 365 g/mol. The molecule has 0 fully saturated rings. The molecule has 0 aliphatic heterocycles. The van der Waals surface area contributed by atoms with Gasteiger partial charge in [0.25, 0.3) is 0 Å². The molecule has 2 aromatic carbocycles. The highest BCUT2D eigenvalue weighted by Crippen LogP contribution is 2.16. The highest BCUT2D eigenvalue weighted by molar-refractivity contribution is 5.92. The third-order valence-corrected chi connectivity index (χ3v) is 3.62. The van der Waals surface area contributed by atoms with Crippen molar-refractivity contribution >= 4 is 11.6 Å². The summed E-state index contributed by atoms with van der Waals surface area (Å²) in [6.45, 7) is 1.13. The van der Waals surface area contributed by atoms with Crippen LogP contribution in [0.5, 0.6) is 0 Å². The quantitative estimate of drug-likeness (QED) is 0.569. The Morgan fingerprint density at radius 2 is 1.58 bits per heavy atom. The lowest BCUT2D eigenvalue weighted by molar-refractivity contribution is -0.176. The summed E-state index contributed by atoms with van der Waals surface area (Å²) in [5.74, 6) is 0.298. The molecule has 7 heteroatoms. The summed E-state index contributed by atoms with van der Waals surface area (Å²) in [6, 6.07) is 14.9.